The summed E-state index contributed by atoms with van der Waals surface area (Å²) in [5, 5.41) is 36.8. The fraction of sp³-hybridized carbons (Fsp3) is 0.875. The SMILES string of the molecule is Cl.O=C([O-])C[N+](CCO)(CCO)CCO. The van der Waals surface area contributed by atoms with E-state index in [-0.39, 0.29) is 62.9 Å². The average molecular weight is 244 g/mol. The van der Waals surface area contributed by atoms with E-state index in [9.17, 15) is 9.90 Å². The van der Waals surface area contributed by atoms with Gasteiger partial charge in [0, 0.05) is 0 Å². The lowest BCUT2D eigenvalue weighted by atomic mass is 10.3. The summed E-state index contributed by atoms with van der Waals surface area (Å²) in [7, 11) is 0. The lowest BCUT2D eigenvalue weighted by molar-refractivity contribution is -0.923. The van der Waals surface area contributed by atoms with Gasteiger partial charge in [0.15, 0.2) is 0 Å². The van der Waals surface area contributed by atoms with Crippen molar-refractivity contribution in [2.75, 3.05) is 46.0 Å². The molecule has 92 valence electrons. The van der Waals surface area contributed by atoms with E-state index in [2.05, 4.69) is 0 Å². The summed E-state index contributed by atoms with van der Waals surface area (Å²) in [5.74, 6) is -1.25. The van der Waals surface area contributed by atoms with E-state index >= 15 is 0 Å². The second-order valence-electron chi connectivity index (χ2n) is 3.21. The van der Waals surface area contributed by atoms with Crippen LogP contribution < -0.4 is 5.11 Å². The molecule has 0 aromatic rings. The van der Waals surface area contributed by atoms with Crippen molar-refractivity contribution < 1.29 is 29.7 Å². The Labute approximate surface area is 94.8 Å². The molecule has 0 saturated heterocycles. The number of quaternary nitrogens is 1. The smallest absolute Gasteiger partial charge is 0.119 e. The fourth-order valence-corrected chi connectivity index (χ4v) is 1.48. The van der Waals surface area contributed by atoms with Crippen molar-refractivity contribution in [1.29, 1.82) is 0 Å². The molecule has 15 heavy (non-hydrogen) atoms. The molecule has 0 bridgehead atoms. The minimum atomic E-state index is -1.25. The van der Waals surface area contributed by atoms with Crippen molar-refractivity contribution in [3.8, 4) is 0 Å². The quantitative estimate of drug-likeness (QED) is 0.394. The van der Waals surface area contributed by atoms with E-state index in [4.69, 9.17) is 15.3 Å². The highest BCUT2D eigenvalue weighted by atomic mass is 35.5. The molecule has 3 N–H and O–H groups in total. The Kier molecular flexibility index (Phi) is 10.1. The molecule has 0 aromatic heterocycles. The molecule has 0 atom stereocenters. The maximum atomic E-state index is 10.5. The van der Waals surface area contributed by atoms with E-state index in [0.717, 1.165) is 0 Å². The molecule has 0 aliphatic rings. The van der Waals surface area contributed by atoms with Gasteiger partial charge in [-0.25, -0.2) is 0 Å². The molecule has 0 radical (unpaired) electrons. The first-order valence-electron chi connectivity index (χ1n) is 4.48. The Morgan fingerprint density at radius 1 is 1.00 bits per heavy atom. The number of aliphatic hydroxyl groups excluding tert-OH is 3. The summed E-state index contributed by atoms with van der Waals surface area (Å²) in [4.78, 5) is 10.5. The topological polar surface area (TPSA) is 101 Å². The molecule has 0 aliphatic carbocycles. The maximum Gasteiger partial charge on any atom is 0.119 e. The summed E-state index contributed by atoms with van der Waals surface area (Å²) < 4.78 is -0.0498. The van der Waals surface area contributed by atoms with E-state index in [1.807, 2.05) is 0 Å². The van der Waals surface area contributed by atoms with Gasteiger partial charge < -0.3 is 29.7 Å². The zero-order valence-electron chi connectivity index (χ0n) is 8.46. The Morgan fingerprint density at radius 3 is 1.53 bits per heavy atom. The third kappa shape index (κ3) is 6.64. The highest BCUT2D eigenvalue weighted by molar-refractivity contribution is 5.85. The summed E-state index contributed by atoms with van der Waals surface area (Å²) in [6, 6.07) is 0. The monoisotopic (exact) mass is 243 g/mol. The van der Waals surface area contributed by atoms with Crippen LogP contribution in [0.5, 0.6) is 0 Å². The molecule has 0 amide bonds. The van der Waals surface area contributed by atoms with Gasteiger partial charge in [-0.2, -0.15) is 0 Å². The number of nitrogens with zero attached hydrogens (tertiary/aromatic N) is 1. The van der Waals surface area contributed by atoms with Crippen LogP contribution in [0.1, 0.15) is 0 Å². The lowest BCUT2D eigenvalue weighted by Gasteiger charge is -2.37. The molecule has 0 aliphatic heterocycles. The standard InChI is InChI=1S/C8H17NO5.ClH/c10-4-1-9(2-5-11,3-6-12)7-8(13)14;/h10-12H,1-7H2;1H. The zero-order chi connectivity index (χ0) is 11.0. The van der Waals surface area contributed by atoms with Crippen LogP contribution >= 0.6 is 12.4 Å². The third-order valence-electron chi connectivity index (χ3n) is 2.19. The van der Waals surface area contributed by atoms with Gasteiger partial charge in [-0.1, -0.05) is 0 Å². The molecule has 0 rings (SSSR count). The number of carbonyl (C=O) groups excluding carboxylic acids is 1. The summed E-state index contributed by atoms with van der Waals surface area (Å²) in [6.45, 7) is -0.297. The van der Waals surface area contributed by atoms with Crippen LogP contribution in [0.2, 0.25) is 0 Å². The number of hydrogen-bond donors (Lipinski definition) is 3. The zero-order valence-corrected chi connectivity index (χ0v) is 9.28. The van der Waals surface area contributed by atoms with Crippen molar-refractivity contribution in [3.63, 3.8) is 0 Å². The van der Waals surface area contributed by atoms with Crippen molar-refractivity contribution in [2.45, 2.75) is 0 Å². The lowest BCUT2D eigenvalue weighted by Crippen LogP contribution is -2.58. The number of hydrogen-bond acceptors (Lipinski definition) is 5. The van der Waals surface area contributed by atoms with Crippen LogP contribution in [0.15, 0.2) is 0 Å². The van der Waals surface area contributed by atoms with Gasteiger partial charge in [-0.3, -0.25) is 0 Å². The first-order valence-corrected chi connectivity index (χ1v) is 4.48. The van der Waals surface area contributed by atoms with Gasteiger partial charge in [-0.15, -0.1) is 12.4 Å². The summed E-state index contributed by atoms with van der Waals surface area (Å²) >= 11 is 0. The number of aliphatic hydroxyl groups is 3. The maximum absolute atomic E-state index is 10.5. The van der Waals surface area contributed by atoms with E-state index < -0.39 is 5.97 Å². The number of carbonyl (C=O) groups is 1. The Hall–Kier alpha value is -0.400. The molecule has 0 saturated carbocycles. The minimum absolute atomic E-state index is 0. The van der Waals surface area contributed by atoms with E-state index in [0.29, 0.717) is 0 Å². The van der Waals surface area contributed by atoms with Crippen molar-refractivity contribution in [3.05, 3.63) is 0 Å². The predicted octanol–water partition coefficient (Wildman–Crippen LogP) is -3.05. The highest BCUT2D eigenvalue weighted by Gasteiger charge is 2.25. The Morgan fingerprint density at radius 2 is 1.33 bits per heavy atom. The summed E-state index contributed by atoms with van der Waals surface area (Å²) in [6.07, 6.45) is 0. The number of carboxylic acid groups (broad SMARTS) is 1. The minimum Gasteiger partial charge on any atom is -0.544 e. The molecule has 0 unspecified atom stereocenters. The van der Waals surface area contributed by atoms with Crippen LogP contribution in [0.4, 0.5) is 0 Å². The molecule has 0 spiro atoms. The van der Waals surface area contributed by atoms with Crippen LogP contribution in [0, 0.1) is 0 Å². The van der Waals surface area contributed by atoms with Gasteiger partial charge in [0.25, 0.3) is 0 Å². The van der Waals surface area contributed by atoms with Gasteiger partial charge in [0.1, 0.15) is 26.2 Å². The van der Waals surface area contributed by atoms with Gasteiger partial charge in [0.2, 0.25) is 0 Å². The molecule has 0 aromatic carbocycles. The second-order valence-corrected chi connectivity index (χ2v) is 3.21. The van der Waals surface area contributed by atoms with Gasteiger partial charge in [-0.05, 0) is 0 Å². The molecular formula is C8H18ClNO5. The van der Waals surface area contributed by atoms with Crippen LogP contribution in [-0.2, 0) is 4.79 Å². The van der Waals surface area contributed by atoms with Gasteiger partial charge >= 0.3 is 0 Å². The number of carboxylic acids is 1. The Bertz CT molecular complexity index is 161. The van der Waals surface area contributed by atoms with Crippen LogP contribution in [0.25, 0.3) is 0 Å². The predicted molar refractivity (Wildman–Crippen MR) is 53.2 cm³/mol. The number of halogens is 1. The average Bonchev–Trinajstić information content (AvgIpc) is 2.03. The van der Waals surface area contributed by atoms with Crippen LogP contribution in [-0.4, -0.2) is 71.8 Å². The van der Waals surface area contributed by atoms with Gasteiger partial charge in [0.05, 0.1) is 25.8 Å². The largest absolute Gasteiger partial charge is 0.544 e. The third-order valence-corrected chi connectivity index (χ3v) is 2.19. The first-order chi connectivity index (χ1) is 6.60. The van der Waals surface area contributed by atoms with Crippen molar-refractivity contribution in [1.82, 2.24) is 0 Å². The van der Waals surface area contributed by atoms with E-state index in [1.54, 1.807) is 0 Å². The normalized spacial score (nSPS) is 10.9. The molecule has 6 nitrogen and oxygen atoms in total. The van der Waals surface area contributed by atoms with Crippen LogP contribution in [0.3, 0.4) is 0 Å². The van der Waals surface area contributed by atoms with Crippen molar-refractivity contribution in [2.24, 2.45) is 0 Å². The molecular weight excluding hydrogens is 226 g/mol. The highest BCUT2D eigenvalue weighted by Crippen LogP contribution is 2.04. The number of rotatable bonds is 8. The number of aliphatic carboxylic acids is 1. The molecule has 7 heteroatoms. The molecule has 0 heterocycles. The molecule has 0 fully saturated rings. The summed E-state index contributed by atoms with van der Waals surface area (Å²) in [5.41, 5.74) is 0. The van der Waals surface area contributed by atoms with E-state index in [1.165, 1.54) is 0 Å². The second kappa shape index (κ2) is 8.87. The Balaban J connectivity index is 0. The van der Waals surface area contributed by atoms with Crippen molar-refractivity contribution >= 4 is 18.4 Å². The first kappa shape index (κ1) is 17.0. The fourth-order valence-electron chi connectivity index (χ4n) is 1.48.